The lowest BCUT2D eigenvalue weighted by Crippen LogP contribution is -2.29. The monoisotopic (exact) mass is 261 g/mol. The summed E-state index contributed by atoms with van der Waals surface area (Å²) in [5, 5.41) is 8.73. The Hall–Kier alpha value is -1.35. The molecule has 1 aromatic carbocycles. The molecule has 3 nitrogen and oxygen atoms in total. The first-order valence-electron chi connectivity index (χ1n) is 7.15. The van der Waals surface area contributed by atoms with Gasteiger partial charge in [-0.05, 0) is 62.9 Å². The van der Waals surface area contributed by atoms with Crippen molar-refractivity contribution >= 4 is 5.97 Å². The molecule has 0 amide bonds. The maximum Gasteiger partial charge on any atom is 0.303 e. The molecule has 1 aromatic rings. The number of aryl methyl sites for hydroxylation is 1. The number of likely N-dealkylation sites (tertiary alicyclic amines) is 1. The number of aliphatic carboxylic acids is 1. The molecule has 3 heteroatoms. The number of hydrogen-bond donors (Lipinski definition) is 1. The summed E-state index contributed by atoms with van der Waals surface area (Å²) < 4.78 is 0. The molecule has 0 radical (unpaired) electrons. The highest BCUT2D eigenvalue weighted by Gasteiger charge is 2.20. The number of piperidine rings is 1. The number of nitrogens with zero attached hydrogens (tertiary/aromatic N) is 1. The van der Waals surface area contributed by atoms with Crippen LogP contribution in [0.4, 0.5) is 0 Å². The maximum absolute atomic E-state index is 10.6. The Balaban J connectivity index is 2.01. The average molecular weight is 261 g/mol. The van der Waals surface area contributed by atoms with Gasteiger partial charge in [-0.3, -0.25) is 4.79 Å². The van der Waals surface area contributed by atoms with Crippen LogP contribution in [0.1, 0.15) is 42.7 Å². The van der Waals surface area contributed by atoms with Crippen molar-refractivity contribution in [3.05, 3.63) is 35.4 Å². The van der Waals surface area contributed by atoms with Crippen LogP contribution in [-0.4, -0.2) is 36.1 Å². The zero-order chi connectivity index (χ0) is 13.7. The molecule has 1 heterocycles. The molecular weight excluding hydrogens is 238 g/mol. The molecule has 0 aliphatic carbocycles. The first-order valence-corrected chi connectivity index (χ1v) is 7.15. The Morgan fingerprint density at radius 2 is 2.00 bits per heavy atom. The molecule has 0 aromatic heterocycles. The summed E-state index contributed by atoms with van der Waals surface area (Å²) in [6.45, 7) is 2.32. The van der Waals surface area contributed by atoms with Crippen LogP contribution >= 0.6 is 0 Å². The third-order valence-corrected chi connectivity index (χ3v) is 4.05. The van der Waals surface area contributed by atoms with E-state index in [1.807, 2.05) is 0 Å². The summed E-state index contributed by atoms with van der Waals surface area (Å²) in [6.07, 6.45) is 4.31. The zero-order valence-electron chi connectivity index (χ0n) is 11.6. The summed E-state index contributed by atoms with van der Waals surface area (Å²) in [5.74, 6) is -0.0472. The van der Waals surface area contributed by atoms with Crippen LogP contribution in [0.3, 0.4) is 0 Å². The highest BCUT2D eigenvalue weighted by Crippen LogP contribution is 2.30. The Kier molecular flexibility index (Phi) is 4.97. The van der Waals surface area contributed by atoms with Crippen LogP contribution in [0, 0.1) is 0 Å². The van der Waals surface area contributed by atoms with Crippen LogP contribution < -0.4 is 0 Å². The van der Waals surface area contributed by atoms with Gasteiger partial charge in [0.1, 0.15) is 0 Å². The fraction of sp³-hybridized carbons (Fsp3) is 0.562. The molecule has 0 atom stereocenters. The van der Waals surface area contributed by atoms with E-state index >= 15 is 0 Å². The summed E-state index contributed by atoms with van der Waals surface area (Å²) in [4.78, 5) is 13.0. The molecule has 1 saturated heterocycles. The van der Waals surface area contributed by atoms with Gasteiger partial charge in [0.25, 0.3) is 0 Å². The van der Waals surface area contributed by atoms with Crippen LogP contribution in [0.15, 0.2) is 24.3 Å². The molecule has 1 aliphatic rings. The second-order valence-corrected chi connectivity index (χ2v) is 5.52. The van der Waals surface area contributed by atoms with E-state index in [2.05, 4.69) is 36.2 Å². The predicted molar refractivity (Wildman–Crippen MR) is 76.5 cm³/mol. The lowest BCUT2D eigenvalue weighted by Gasteiger charge is -2.30. The number of hydrogen-bond acceptors (Lipinski definition) is 2. The van der Waals surface area contributed by atoms with Crippen molar-refractivity contribution in [1.82, 2.24) is 4.90 Å². The average Bonchev–Trinajstić information content (AvgIpc) is 2.40. The molecular formula is C16H23NO2. The standard InChI is InChI=1S/C16H23NO2/c1-17-11-9-14(10-12-17)15-7-3-2-5-13(15)6-4-8-16(18)19/h2-3,5,7,14H,4,6,8-12H2,1H3,(H,18,19). The molecule has 1 fully saturated rings. The van der Waals surface area contributed by atoms with Gasteiger partial charge in [0.2, 0.25) is 0 Å². The molecule has 19 heavy (non-hydrogen) atoms. The van der Waals surface area contributed by atoms with Crippen LogP contribution in [0.25, 0.3) is 0 Å². The summed E-state index contributed by atoms with van der Waals surface area (Å²) in [6, 6.07) is 8.56. The molecule has 0 saturated carbocycles. The van der Waals surface area contributed by atoms with E-state index < -0.39 is 5.97 Å². The Morgan fingerprint density at radius 1 is 1.32 bits per heavy atom. The van der Waals surface area contributed by atoms with E-state index in [1.54, 1.807) is 0 Å². The minimum absolute atomic E-state index is 0.266. The molecule has 0 unspecified atom stereocenters. The van der Waals surface area contributed by atoms with Crippen LogP contribution in [0.2, 0.25) is 0 Å². The lowest BCUT2D eigenvalue weighted by molar-refractivity contribution is -0.137. The largest absolute Gasteiger partial charge is 0.481 e. The minimum Gasteiger partial charge on any atom is -0.481 e. The van der Waals surface area contributed by atoms with Gasteiger partial charge in [0.05, 0.1) is 0 Å². The van der Waals surface area contributed by atoms with E-state index in [9.17, 15) is 4.79 Å². The number of carbonyl (C=O) groups is 1. The fourth-order valence-electron chi connectivity index (χ4n) is 2.91. The topological polar surface area (TPSA) is 40.5 Å². The molecule has 2 rings (SSSR count). The van der Waals surface area contributed by atoms with Gasteiger partial charge in [-0.1, -0.05) is 24.3 Å². The van der Waals surface area contributed by atoms with Crippen molar-refractivity contribution < 1.29 is 9.90 Å². The summed E-state index contributed by atoms with van der Waals surface area (Å²) >= 11 is 0. The van der Waals surface area contributed by atoms with Gasteiger partial charge in [-0.25, -0.2) is 0 Å². The minimum atomic E-state index is -0.697. The summed E-state index contributed by atoms with van der Waals surface area (Å²) in [7, 11) is 2.18. The van der Waals surface area contributed by atoms with Gasteiger partial charge in [-0.15, -0.1) is 0 Å². The van der Waals surface area contributed by atoms with Crippen molar-refractivity contribution in [3.8, 4) is 0 Å². The van der Waals surface area contributed by atoms with Gasteiger partial charge >= 0.3 is 5.97 Å². The van der Waals surface area contributed by atoms with Crippen molar-refractivity contribution in [2.45, 2.75) is 38.0 Å². The van der Waals surface area contributed by atoms with Gasteiger partial charge in [0.15, 0.2) is 0 Å². The van der Waals surface area contributed by atoms with E-state index in [0.717, 1.165) is 25.9 Å². The molecule has 1 aliphatic heterocycles. The molecule has 104 valence electrons. The first-order chi connectivity index (χ1) is 9.16. The van der Waals surface area contributed by atoms with Gasteiger partial charge in [-0.2, -0.15) is 0 Å². The number of rotatable bonds is 5. The molecule has 1 N–H and O–H groups in total. The van der Waals surface area contributed by atoms with Crippen molar-refractivity contribution in [2.75, 3.05) is 20.1 Å². The van der Waals surface area contributed by atoms with Crippen LogP contribution in [0.5, 0.6) is 0 Å². The highest BCUT2D eigenvalue weighted by molar-refractivity contribution is 5.66. The van der Waals surface area contributed by atoms with E-state index in [4.69, 9.17) is 5.11 Å². The Labute approximate surface area is 115 Å². The quantitative estimate of drug-likeness (QED) is 0.886. The zero-order valence-corrected chi connectivity index (χ0v) is 11.6. The third kappa shape index (κ3) is 4.06. The summed E-state index contributed by atoms with van der Waals surface area (Å²) in [5.41, 5.74) is 2.79. The smallest absolute Gasteiger partial charge is 0.303 e. The lowest BCUT2D eigenvalue weighted by atomic mass is 9.85. The highest BCUT2D eigenvalue weighted by atomic mass is 16.4. The normalized spacial score (nSPS) is 17.5. The molecule has 0 bridgehead atoms. The first kappa shape index (κ1) is 14.1. The van der Waals surface area contributed by atoms with E-state index in [1.165, 1.54) is 24.0 Å². The van der Waals surface area contributed by atoms with Crippen LogP contribution in [-0.2, 0) is 11.2 Å². The van der Waals surface area contributed by atoms with Gasteiger partial charge < -0.3 is 10.0 Å². The number of carboxylic acid groups (broad SMARTS) is 1. The molecule has 0 spiro atoms. The number of benzene rings is 1. The SMILES string of the molecule is CN1CCC(c2ccccc2CCCC(=O)O)CC1. The third-order valence-electron chi connectivity index (χ3n) is 4.05. The number of carboxylic acids is 1. The van der Waals surface area contributed by atoms with Crippen molar-refractivity contribution in [1.29, 1.82) is 0 Å². The van der Waals surface area contributed by atoms with Crippen molar-refractivity contribution in [2.24, 2.45) is 0 Å². The maximum atomic E-state index is 10.6. The Morgan fingerprint density at radius 3 is 2.68 bits per heavy atom. The second kappa shape index (κ2) is 6.71. The van der Waals surface area contributed by atoms with Gasteiger partial charge in [0, 0.05) is 6.42 Å². The fourth-order valence-corrected chi connectivity index (χ4v) is 2.91. The van der Waals surface area contributed by atoms with Crippen molar-refractivity contribution in [3.63, 3.8) is 0 Å². The van der Waals surface area contributed by atoms with E-state index in [-0.39, 0.29) is 6.42 Å². The Bertz CT molecular complexity index is 423. The van der Waals surface area contributed by atoms with E-state index in [0.29, 0.717) is 5.92 Å². The predicted octanol–water partition coefficient (Wildman–Crippen LogP) is 2.90. The second-order valence-electron chi connectivity index (χ2n) is 5.52.